The van der Waals surface area contributed by atoms with Crippen molar-refractivity contribution in [3.8, 4) is 11.5 Å². The molecule has 0 spiro atoms. The van der Waals surface area contributed by atoms with Gasteiger partial charge < -0.3 is 13.8 Å². The zero-order chi connectivity index (χ0) is 23.0. The van der Waals surface area contributed by atoms with Crippen molar-refractivity contribution in [2.75, 3.05) is 0 Å². The van der Waals surface area contributed by atoms with Crippen LogP contribution >= 0.6 is 23.7 Å². The van der Waals surface area contributed by atoms with Crippen LogP contribution < -0.4 is 14.1 Å². The number of benzene rings is 3. The van der Waals surface area contributed by atoms with E-state index in [0.717, 1.165) is 5.56 Å². The summed E-state index contributed by atoms with van der Waals surface area (Å²) < 4.78 is 30.9. The lowest BCUT2D eigenvalue weighted by Gasteiger charge is -2.23. The van der Waals surface area contributed by atoms with Gasteiger partial charge in [-0.1, -0.05) is 64.5 Å². The van der Waals surface area contributed by atoms with Gasteiger partial charge in [0.1, 0.15) is 24.1 Å². The third-order valence-electron chi connectivity index (χ3n) is 4.16. The van der Waals surface area contributed by atoms with Crippen LogP contribution in [-0.4, -0.2) is 12.0 Å². The Labute approximate surface area is 194 Å². The number of nitrogens with one attached hydrogen (secondary N) is 1. The highest BCUT2D eigenvalue weighted by molar-refractivity contribution is 9.10. The second kappa shape index (κ2) is 11.0. The van der Waals surface area contributed by atoms with E-state index < -0.39 is 19.8 Å². The molecular weight excluding hydrogens is 495 g/mol. The van der Waals surface area contributed by atoms with Crippen molar-refractivity contribution < 1.29 is 23.1 Å². The molecule has 0 saturated carbocycles. The van der Waals surface area contributed by atoms with Crippen LogP contribution in [0.2, 0.25) is 0 Å². The van der Waals surface area contributed by atoms with E-state index in [0.29, 0.717) is 4.47 Å². The van der Waals surface area contributed by atoms with E-state index in [9.17, 15) is 9.36 Å². The third kappa shape index (κ3) is 6.69. The molecular formula is C23H20BrN2O5P. The number of carbonyl (C=O) groups is 1. The van der Waals surface area contributed by atoms with Gasteiger partial charge in [-0.2, -0.15) is 5.09 Å². The van der Waals surface area contributed by atoms with E-state index >= 15 is 0 Å². The maximum Gasteiger partial charge on any atom is 0.512 e. The van der Waals surface area contributed by atoms with Crippen LogP contribution in [0.5, 0.6) is 11.5 Å². The zero-order valence-electron chi connectivity index (χ0n) is 17.1. The lowest BCUT2D eigenvalue weighted by Crippen LogP contribution is -2.35. The summed E-state index contributed by atoms with van der Waals surface area (Å²) in [6.45, 7) is 8.93. The molecule has 3 rings (SSSR count). The molecule has 1 unspecified atom stereocenters. The third-order valence-corrected chi connectivity index (χ3v) is 6.24. The Morgan fingerprint density at radius 3 is 2.38 bits per heavy atom. The first-order valence-electron chi connectivity index (χ1n) is 9.58. The summed E-state index contributed by atoms with van der Waals surface area (Å²) in [5.41, 5.74) is 0.960. The number of rotatable bonds is 9. The average molecular weight is 515 g/mol. The normalized spacial score (nSPS) is 13.3. The Balaban J connectivity index is 1.78. The lowest BCUT2D eigenvalue weighted by molar-refractivity contribution is -0.146. The fraction of sp³-hybridized carbons (Fsp3) is 0.130. The molecule has 0 fully saturated rings. The van der Waals surface area contributed by atoms with Crippen LogP contribution in [0.4, 0.5) is 5.69 Å². The minimum Gasteiger partial charge on any atom is -0.460 e. The number of hydrogen-bond acceptors (Lipinski definition) is 5. The van der Waals surface area contributed by atoms with Crippen molar-refractivity contribution in [3.63, 3.8) is 0 Å². The van der Waals surface area contributed by atoms with Crippen molar-refractivity contribution in [2.24, 2.45) is 0 Å². The van der Waals surface area contributed by atoms with Crippen molar-refractivity contribution in [2.45, 2.75) is 19.6 Å². The average Bonchev–Trinajstić information content (AvgIpc) is 2.79. The molecule has 0 aliphatic carbocycles. The fourth-order valence-corrected chi connectivity index (χ4v) is 4.50. The summed E-state index contributed by atoms with van der Waals surface area (Å²) in [6.07, 6.45) is 0. The lowest BCUT2D eigenvalue weighted by atomic mass is 10.2. The molecule has 0 aromatic heterocycles. The highest BCUT2D eigenvalue weighted by Gasteiger charge is 2.34. The molecule has 32 heavy (non-hydrogen) atoms. The fourth-order valence-electron chi connectivity index (χ4n) is 2.62. The second-order valence-corrected chi connectivity index (χ2v) is 9.20. The highest BCUT2D eigenvalue weighted by Crippen LogP contribution is 2.48. The van der Waals surface area contributed by atoms with Gasteiger partial charge in [-0.25, -0.2) is 9.41 Å². The molecule has 7 nitrogen and oxygen atoms in total. The van der Waals surface area contributed by atoms with Gasteiger partial charge in [0.15, 0.2) is 0 Å². The number of nitrogens with zero attached hydrogens (tertiary/aromatic N) is 1. The SMILES string of the molecule is [C-]#[N+]c1cc(Br)ccc1OP(=O)(N[C@@H](C)C(=O)OCc1ccccc1)Oc1ccccc1. The summed E-state index contributed by atoms with van der Waals surface area (Å²) in [5, 5.41) is 2.61. The van der Waals surface area contributed by atoms with Gasteiger partial charge in [0, 0.05) is 4.47 Å². The van der Waals surface area contributed by atoms with E-state index in [1.807, 2.05) is 30.3 Å². The predicted molar refractivity (Wildman–Crippen MR) is 125 cm³/mol. The Hall–Kier alpha value is -3.11. The molecule has 1 N–H and O–H groups in total. The van der Waals surface area contributed by atoms with Crippen LogP contribution in [0.1, 0.15) is 12.5 Å². The Kier molecular flexibility index (Phi) is 8.07. The van der Waals surface area contributed by atoms with Crippen LogP contribution in [0.25, 0.3) is 4.85 Å². The van der Waals surface area contributed by atoms with E-state index in [1.54, 1.807) is 36.4 Å². The van der Waals surface area contributed by atoms with Crippen molar-refractivity contribution in [1.29, 1.82) is 0 Å². The number of hydrogen-bond donors (Lipinski definition) is 1. The van der Waals surface area contributed by atoms with Crippen molar-refractivity contribution in [3.05, 3.63) is 100 Å². The van der Waals surface area contributed by atoms with Crippen LogP contribution in [0.15, 0.2) is 83.3 Å². The maximum absolute atomic E-state index is 13.6. The van der Waals surface area contributed by atoms with E-state index in [-0.39, 0.29) is 23.8 Å². The predicted octanol–water partition coefficient (Wildman–Crippen LogP) is 6.29. The van der Waals surface area contributed by atoms with Gasteiger partial charge in [-0.3, -0.25) is 4.79 Å². The van der Waals surface area contributed by atoms with Gasteiger partial charge in [0.05, 0.1) is 6.57 Å². The number of carbonyl (C=O) groups excluding carboxylic acids is 1. The first kappa shape index (κ1) is 23.6. The van der Waals surface area contributed by atoms with Gasteiger partial charge in [-0.05, 0) is 42.8 Å². The second-order valence-electron chi connectivity index (χ2n) is 6.66. The molecule has 9 heteroatoms. The smallest absolute Gasteiger partial charge is 0.460 e. The topological polar surface area (TPSA) is 78.2 Å². The van der Waals surface area contributed by atoms with E-state index in [4.69, 9.17) is 20.4 Å². The molecule has 0 saturated heterocycles. The van der Waals surface area contributed by atoms with Crippen LogP contribution in [0, 0.1) is 6.57 Å². The summed E-state index contributed by atoms with van der Waals surface area (Å²) in [5.74, 6) is -0.301. The Bertz CT molecular complexity index is 1150. The van der Waals surface area contributed by atoms with Gasteiger partial charge in [-0.15, -0.1) is 0 Å². The minimum absolute atomic E-state index is 0.0554. The molecule has 164 valence electrons. The molecule has 0 aliphatic rings. The molecule has 3 aromatic carbocycles. The van der Waals surface area contributed by atoms with Crippen molar-refractivity contribution >= 4 is 35.3 Å². The summed E-state index contributed by atoms with van der Waals surface area (Å²) in [7, 11) is -4.13. The molecule has 0 aliphatic heterocycles. The monoisotopic (exact) mass is 514 g/mol. The van der Waals surface area contributed by atoms with Crippen LogP contribution in [0.3, 0.4) is 0 Å². The standard InChI is InChI=1S/C23H20BrN2O5P/c1-17(23(27)29-16-18-9-5-3-6-10-18)26-32(28,30-20-11-7-4-8-12-20)31-22-14-13-19(24)15-21(22)25-2/h3-15,17H,16H2,1H3,(H,26,28)/t17-,32?/m0/s1. The van der Waals surface area contributed by atoms with Gasteiger partial charge in [0.25, 0.3) is 0 Å². The molecule has 2 atom stereocenters. The summed E-state index contributed by atoms with van der Waals surface area (Å²) in [6, 6.07) is 21.3. The van der Waals surface area contributed by atoms with Crippen LogP contribution in [-0.2, 0) is 20.7 Å². The molecule has 0 radical (unpaired) electrons. The molecule has 0 bridgehead atoms. The Morgan fingerprint density at radius 2 is 1.72 bits per heavy atom. The molecule has 3 aromatic rings. The van der Waals surface area contributed by atoms with Gasteiger partial charge in [0.2, 0.25) is 5.69 Å². The summed E-state index contributed by atoms with van der Waals surface area (Å²) >= 11 is 3.29. The molecule has 0 heterocycles. The van der Waals surface area contributed by atoms with E-state index in [1.165, 1.54) is 19.1 Å². The number of ether oxygens (including phenoxy) is 1. The largest absolute Gasteiger partial charge is 0.512 e. The number of para-hydroxylation sites is 1. The highest BCUT2D eigenvalue weighted by atomic mass is 79.9. The number of halogens is 1. The maximum atomic E-state index is 13.6. The zero-order valence-corrected chi connectivity index (χ0v) is 19.6. The minimum atomic E-state index is -4.13. The quantitative estimate of drug-likeness (QED) is 0.205. The van der Waals surface area contributed by atoms with Crippen molar-refractivity contribution in [1.82, 2.24) is 5.09 Å². The summed E-state index contributed by atoms with van der Waals surface area (Å²) in [4.78, 5) is 15.9. The van der Waals surface area contributed by atoms with Gasteiger partial charge >= 0.3 is 13.7 Å². The first-order valence-corrected chi connectivity index (χ1v) is 11.9. The van der Waals surface area contributed by atoms with E-state index in [2.05, 4.69) is 25.9 Å². The number of esters is 1. The Morgan fingerprint density at radius 1 is 1.06 bits per heavy atom. The first-order chi connectivity index (χ1) is 15.4. The molecule has 0 amide bonds.